The van der Waals surface area contributed by atoms with E-state index in [1.54, 1.807) is 0 Å². The van der Waals surface area contributed by atoms with Crippen molar-refractivity contribution in [3.63, 3.8) is 0 Å². The van der Waals surface area contributed by atoms with Crippen molar-refractivity contribution in [1.29, 1.82) is 0 Å². The van der Waals surface area contributed by atoms with E-state index < -0.39 is 17.5 Å². The Kier molecular flexibility index (Phi) is 4.20. The summed E-state index contributed by atoms with van der Waals surface area (Å²) >= 11 is 5.73. The van der Waals surface area contributed by atoms with Crippen LogP contribution in [0.1, 0.15) is 15.9 Å². The Morgan fingerprint density at radius 1 is 1.20 bits per heavy atom. The molecule has 0 unspecified atom stereocenters. The Balaban J connectivity index is 2.08. The van der Waals surface area contributed by atoms with E-state index in [1.165, 1.54) is 24.3 Å². The Morgan fingerprint density at radius 2 is 1.95 bits per heavy atom. The molecule has 0 heterocycles. The lowest BCUT2D eigenvalue weighted by molar-refractivity contribution is 0.0951. The number of hydrogen-bond donors (Lipinski definition) is 2. The van der Waals surface area contributed by atoms with Gasteiger partial charge in [-0.1, -0.05) is 17.7 Å². The first-order valence-electron chi connectivity index (χ1n) is 5.74. The SMILES string of the molecule is Nc1cc(Cl)ccc1C(=O)NCc1ccc(F)cc1F. The van der Waals surface area contributed by atoms with Crippen LogP contribution in [-0.2, 0) is 6.54 Å². The molecule has 2 aromatic carbocycles. The van der Waals surface area contributed by atoms with E-state index in [-0.39, 0.29) is 23.4 Å². The number of nitrogens with one attached hydrogen (secondary N) is 1. The van der Waals surface area contributed by atoms with Crippen LogP contribution in [0.2, 0.25) is 5.02 Å². The number of benzene rings is 2. The van der Waals surface area contributed by atoms with Crippen LogP contribution in [0, 0.1) is 11.6 Å². The predicted octanol–water partition coefficient (Wildman–Crippen LogP) is 3.13. The van der Waals surface area contributed by atoms with Crippen molar-refractivity contribution in [1.82, 2.24) is 5.32 Å². The van der Waals surface area contributed by atoms with Crippen LogP contribution in [0.3, 0.4) is 0 Å². The summed E-state index contributed by atoms with van der Waals surface area (Å²) in [5.74, 6) is -1.84. The van der Waals surface area contributed by atoms with Crippen LogP contribution in [0.15, 0.2) is 36.4 Å². The molecule has 0 aliphatic rings. The minimum Gasteiger partial charge on any atom is -0.398 e. The first kappa shape index (κ1) is 14.3. The molecule has 0 aliphatic heterocycles. The molecule has 0 spiro atoms. The summed E-state index contributed by atoms with van der Waals surface area (Å²) in [6.07, 6.45) is 0. The van der Waals surface area contributed by atoms with E-state index in [4.69, 9.17) is 17.3 Å². The molecule has 0 radical (unpaired) electrons. The van der Waals surface area contributed by atoms with Gasteiger partial charge in [-0.25, -0.2) is 8.78 Å². The molecule has 0 fully saturated rings. The molecule has 2 rings (SSSR count). The van der Waals surface area contributed by atoms with Crippen LogP contribution in [-0.4, -0.2) is 5.91 Å². The van der Waals surface area contributed by atoms with E-state index in [0.717, 1.165) is 12.1 Å². The number of nitrogen functional groups attached to an aromatic ring is 1. The maximum atomic E-state index is 13.4. The smallest absolute Gasteiger partial charge is 0.253 e. The molecular formula is C14H11ClF2N2O. The summed E-state index contributed by atoms with van der Waals surface area (Å²) in [6.45, 7) is -0.0625. The van der Waals surface area contributed by atoms with Gasteiger partial charge in [0.2, 0.25) is 0 Å². The average Bonchev–Trinajstić information content (AvgIpc) is 2.37. The summed E-state index contributed by atoms with van der Waals surface area (Å²) in [6, 6.07) is 7.63. The standard InChI is InChI=1S/C14H11ClF2N2O/c15-9-2-4-11(13(18)5-9)14(20)19-7-8-1-3-10(16)6-12(8)17/h1-6H,7,18H2,(H,19,20). The topological polar surface area (TPSA) is 55.1 Å². The van der Waals surface area contributed by atoms with Crippen molar-refractivity contribution in [3.05, 3.63) is 64.2 Å². The van der Waals surface area contributed by atoms with Gasteiger partial charge >= 0.3 is 0 Å². The van der Waals surface area contributed by atoms with E-state index in [0.29, 0.717) is 5.02 Å². The second-order valence-corrected chi connectivity index (χ2v) is 4.59. The van der Waals surface area contributed by atoms with Crippen LogP contribution < -0.4 is 11.1 Å². The van der Waals surface area contributed by atoms with Gasteiger partial charge in [0.05, 0.1) is 5.56 Å². The zero-order chi connectivity index (χ0) is 14.7. The third-order valence-corrected chi connectivity index (χ3v) is 2.95. The normalized spacial score (nSPS) is 10.3. The number of carbonyl (C=O) groups is 1. The molecule has 3 nitrogen and oxygen atoms in total. The van der Waals surface area contributed by atoms with Gasteiger partial charge in [-0.2, -0.15) is 0 Å². The Hall–Kier alpha value is -2.14. The summed E-state index contributed by atoms with van der Waals surface area (Å²) in [5, 5.41) is 2.93. The zero-order valence-electron chi connectivity index (χ0n) is 10.3. The Bertz CT molecular complexity index is 662. The van der Waals surface area contributed by atoms with Crippen LogP contribution >= 0.6 is 11.6 Å². The van der Waals surface area contributed by atoms with E-state index in [1.807, 2.05) is 0 Å². The highest BCUT2D eigenvalue weighted by molar-refractivity contribution is 6.31. The Morgan fingerprint density at radius 3 is 2.60 bits per heavy atom. The van der Waals surface area contributed by atoms with Gasteiger partial charge in [0.15, 0.2) is 0 Å². The average molecular weight is 297 g/mol. The number of carbonyl (C=O) groups excluding carboxylic acids is 1. The van der Waals surface area contributed by atoms with Crippen molar-refractivity contribution in [2.24, 2.45) is 0 Å². The molecule has 2 aromatic rings. The fraction of sp³-hybridized carbons (Fsp3) is 0.0714. The van der Waals surface area contributed by atoms with Gasteiger partial charge in [-0.15, -0.1) is 0 Å². The van der Waals surface area contributed by atoms with Crippen molar-refractivity contribution in [3.8, 4) is 0 Å². The molecule has 6 heteroatoms. The van der Waals surface area contributed by atoms with Gasteiger partial charge in [0, 0.05) is 28.9 Å². The molecule has 0 saturated carbocycles. The number of nitrogens with two attached hydrogens (primary N) is 1. The highest BCUT2D eigenvalue weighted by Crippen LogP contribution is 2.18. The second kappa shape index (κ2) is 5.88. The minimum absolute atomic E-state index is 0.0625. The molecule has 20 heavy (non-hydrogen) atoms. The largest absolute Gasteiger partial charge is 0.398 e. The molecule has 0 aromatic heterocycles. The first-order valence-corrected chi connectivity index (χ1v) is 6.12. The van der Waals surface area contributed by atoms with Gasteiger partial charge in [-0.05, 0) is 24.3 Å². The highest BCUT2D eigenvalue weighted by atomic mass is 35.5. The minimum atomic E-state index is -0.714. The van der Waals surface area contributed by atoms with E-state index in [2.05, 4.69) is 5.32 Å². The highest BCUT2D eigenvalue weighted by Gasteiger charge is 2.11. The lowest BCUT2D eigenvalue weighted by Gasteiger charge is -2.08. The molecule has 1 amide bonds. The van der Waals surface area contributed by atoms with Gasteiger partial charge in [0.1, 0.15) is 11.6 Å². The first-order chi connectivity index (χ1) is 9.47. The van der Waals surface area contributed by atoms with E-state index in [9.17, 15) is 13.6 Å². The monoisotopic (exact) mass is 296 g/mol. The molecule has 0 saturated heterocycles. The van der Waals surface area contributed by atoms with Crippen molar-refractivity contribution in [2.75, 3.05) is 5.73 Å². The third-order valence-electron chi connectivity index (χ3n) is 2.71. The lowest BCUT2D eigenvalue weighted by atomic mass is 10.1. The van der Waals surface area contributed by atoms with Gasteiger partial charge in [0.25, 0.3) is 5.91 Å². The molecule has 104 valence electrons. The van der Waals surface area contributed by atoms with Crippen LogP contribution in [0.25, 0.3) is 0 Å². The molecule has 0 bridgehead atoms. The fourth-order valence-corrected chi connectivity index (χ4v) is 1.86. The molecule has 0 atom stereocenters. The molecule has 0 aliphatic carbocycles. The van der Waals surface area contributed by atoms with Crippen molar-refractivity contribution < 1.29 is 13.6 Å². The van der Waals surface area contributed by atoms with E-state index >= 15 is 0 Å². The Labute approximate surface area is 119 Å². The zero-order valence-corrected chi connectivity index (χ0v) is 11.0. The number of halogens is 3. The van der Waals surface area contributed by atoms with Gasteiger partial charge in [-0.3, -0.25) is 4.79 Å². The summed E-state index contributed by atoms with van der Waals surface area (Å²) in [7, 11) is 0. The second-order valence-electron chi connectivity index (χ2n) is 4.15. The van der Waals surface area contributed by atoms with Crippen molar-refractivity contribution >= 4 is 23.2 Å². The summed E-state index contributed by atoms with van der Waals surface area (Å²) < 4.78 is 26.1. The fourth-order valence-electron chi connectivity index (χ4n) is 1.68. The van der Waals surface area contributed by atoms with Crippen LogP contribution in [0.4, 0.5) is 14.5 Å². The maximum absolute atomic E-state index is 13.4. The maximum Gasteiger partial charge on any atom is 0.253 e. The molecular weight excluding hydrogens is 286 g/mol. The van der Waals surface area contributed by atoms with Crippen LogP contribution in [0.5, 0.6) is 0 Å². The number of hydrogen-bond acceptors (Lipinski definition) is 2. The number of rotatable bonds is 3. The lowest BCUT2D eigenvalue weighted by Crippen LogP contribution is -2.24. The summed E-state index contributed by atoms with van der Waals surface area (Å²) in [5.41, 5.74) is 6.34. The quantitative estimate of drug-likeness (QED) is 0.855. The van der Waals surface area contributed by atoms with Crippen molar-refractivity contribution in [2.45, 2.75) is 6.54 Å². The predicted molar refractivity (Wildman–Crippen MR) is 73.4 cm³/mol. The molecule has 3 N–H and O–H groups in total. The third kappa shape index (κ3) is 3.24. The number of anilines is 1. The number of amides is 1. The summed E-state index contributed by atoms with van der Waals surface area (Å²) in [4.78, 5) is 11.9. The van der Waals surface area contributed by atoms with Gasteiger partial charge < -0.3 is 11.1 Å².